The second kappa shape index (κ2) is 4.49. The van der Waals surface area contributed by atoms with Crippen LogP contribution in [0.25, 0.3) is 0 Å². The molecule has 0 aromatic carbocycles. The Morgan fingerprint density at radius 3 is 2.47 bits per heavy atom. The third-order valence-corrected chi connectivity index (χ3v) is 3.72. The van der Waals surface area contributed by atoms with Crippen LogP contribution in [0.4, 0.5) is 0 Å². The van der Waals surface area contributed by atoms with E-state index in [2.05, 4.69) is 10.2 Å². The molecule has 1 unspecified atom stereocenters. The SMILES string of the molecule is O=C(O)C1(N2CCCCC2)CCCNC1. The number of hydrogen-bond donors (Lipinski definition) is 2. The Kier molecular flexibility index (Phi) is 3.26. The molecule has 2 rings (SSSR count). The van der Waals surface area contributed by atoms with Crippen molar-refractivity contribution in [2.45, 2.75) is 37.6 Å². The summed E-state index contributed by atoms with van der Waals surface area (Å²) in [4.78, 5) is 13.7. The molecule has 0 spiro atoms. The van der Waals surface area contributed by atoms with Gasteiger partial charge in [0.15, 0.2) is 0 Å². The Bertz CT molecular complexity index is 231. The first-order chi connectivity index (χ1) is 7.26. The quantitative estimate of drug-likeness (QED) is 0.706. The zero-order valence-corrected chi connectivity index (χ0v) is 9.17. The number of nitrogens with one attached hydrogen (secondary N) is 1. The predicted octanol–water partition coefficient (Wildman–Crippen LogP) is 0.679. The van der Waals surface area contributed by atoms with E-state index in [1.165, 1.54) is 6.42 Å². The molecule has 86 valence electrons. The lowest BCUT2D eigenvalue weighted by atomic mass is 9.86. The van der Waals surface area contributed by atoms with Gasteiger partial charge in [-0.15, -0.1) is 0 Å². The first kappa shape index (κ1) is 10.9. The maximum atomic E-state index is 11.5. The summed E-state index contributed by atoms with van der Waals surface area (Å²) in [5, 5.41) is 12.7. The molecule has 0 aromatic heterocycles. The molecule has 2 N–H and O–H groups in total. The van der Waals surface area contributed by atoms with Gasteiger partial charge in [0.25, 0.3) is 0 Å². The number of piperidine rings is 2. The topological polar surface area (TPSA) is 52.6 Å². The van der Waals surface area contributed by atoms with Gasteiger partial charge in [0.1, 0.15) is 5.54 Å². The van der Waals surface area contributed by atoms with E-state index in [4.69, 9.17) is 0 Å². The summed E-state index contributed by atoms with van der Waals surface area (Å²) in [5.74, 6) is -0.642. The van der Waals surface area contributed by atoms with Crippen LogP contribution in [0.15, 0.2) is 0 Å². The van der Waals surface area contributed by atoms with Gasteiger partial charge in [-0.1, -0.05) is 6.42 Å². The van der Waals surface area contributed by atoms with Crippen molar-refractivity contribution in [3.63, 3.8) is 0 Å². The van der Waals surface area contributed by atoms with Crippen LogP contribution in [0.5, 0.6) is 0 Å². The Morgan fingerprint density at radius 2 is 1.93 bits per heavy atom. The summed E-state index contributed by atoms with van der Waals surface area (Å²) in [7, 11) is 0. The lowest BCUT2D eigenvalue weighted by Gasteiger charge is -2.45. The number of hydrogen-bond acceptors (Lipinski definition) is 3. The minimum absolute atomic E-state index is 0.612. The maximum Gasteiger partial charge on any atom is 0.325 e. The molecule has 2 heterocycles. The predicted molar refractivity (Wildman–Crippen MR) is 57.9 cm³/mol. The Hall–Kier alpha value is -0.610. The van der Waals surface area contributed by atoms with Gasteiger partial charge in [0.05, 0.1) is 0 Å². The van der Waals surface area contributed by atoms with Gasteiger partial charge in [-0.2, -0.15) is 0 Å². The molecule has 0 aliphatic carbocycles. The maximum absolute atomic E-state index is 11.5. The molecule has 2 saturated heterocycles. The van der Waals surface area contributed by atoms with Crippen molar-refractivity contribution in [1.82, 2.24) is 10.2 Å². The summed E-state index contributed by atoms with van der Waals surface area (Å²) in [6.07, 6.45) is 5.32. The number of carboxylic acid groups (broad SMARTS) is 1. The van der Waals surface area contributed by atoms with E-state index in [9.17, 15) is 9.90 Å². The fourth-order valence-corrected chi connectivity index (χ4v) is 2.80. The molecule has 0 radical (unpaired) electrons. The van der Waals surface area contributed by atoms with Gasteiger partial charge >= 0.3 is 5.97 Å². The number of likely N-dealkylation sites (tertiary alicyclic amines) is 1. The van der Waals surface area contributed by atoms with Crippen molar-refractivity contribution >= 4 is 5.97 Å². The molecule has 2 aliphatic rings. The van der Waals surface area contributed by atoms with Crippen LogP contribution in [0.3, 0.4) is 0 Å². The highest BCUT2D eigenvalue weighted by atomic mass is 16.4. The third kappa shape index (κ3) is 2.01. The number of carboxylic acids is 1. The number of rotatable bonds is 2. The highest BCUT2D eigenvalue weighted by Crippen LogP contribution is 2.27. The van der Waals surface area contributed by atoms with E-state index in [1.54, 1.807) is 0 Å². The van der Waals surface area contributed by atoms with Crippen LogP contribution in [-0.4, -0.2) is 47.7 Å². The third-order valence-electron chi connectivity index (χ3n) is 3.72. The van der Waals surface area contributed by atoms with Gasteiger partial charge < -0.3 is 10.4 Å². The Labute approximate surface area is 90.6 Å². The van der Waals surface area contributed by atoms with Gasteiger partial charge in [0.2, 0.25) is 0 Å². The minimum Gasteiger partial charge on any atom is -0.480 e. The average molecular weight is 212 g/mol. The van der Waals surface area contributed by atoms with Gasteiger partial charge in [-0.05, 0) is 45.3 Å². The Morgan fingerprint density at radius 1 is 1.20 bits per heavy atom. The monoisotopic (exact) mass is 212 g/mol. The Balaban J connectivity index is 2.12. The minimum atomic E-state index is -0.642. The lowest BCUT2D eigenvalue weighted by Crippen LogP contribution is -2.63. The van der Waals surface area contributed by atoms with Crippen molar-refractivity contribution in [3.05, 3.63) is 0 Å². The van der Waals surface area contributed by atoms with Crippen LogP contribution >= 0.6 is 0 Å². The zero-order valence-electron chi connectivity index (χ0n) is 9.17. The molecular formula is C11H20N2O2. The number of carbonyl (C=O) groups is 1. The largest absolute Gasteiger partial charge is 0.480 e. The van der Waals surface area contributed by atoms with Crippen LogP contribution in [0.1, 0.15) is 32.1 Å². The van der Waals surface area contributed by atoms with Crippen molar-refractivity contribution in [2.75, 3.05) is 26.2 Å². The molecule has 2 aliphatic heterocycles. The van der Waals surface area contributed by atoms with Crippen LogP contribution in [0.2, 0.25) is 0 Å². The van der Waals surface area contributed by atoms with Gasteiger partial charge in [-0.3, -0.25) is 9.69 Å². The van der Waals surface area contributed by atoms with Crippen LogP contribution in [-0.2, 0) is 4.79 Å². The summed E-state index contributed by atoms with van der Waals surface area (Å²) in [6.45, 7) is 3.48. The molecule has 2 fully saturated rings. The first-order valence-electron chi connectivity index (χ1n) is 5.95. The number of aliphatic carboxylic acids is 1. The second-order valence-corrected chi connectivity index (χ2v) is 4.66. The fourth-order valence-electron chi connectivity index (χ4n) is 2.80. The average Bonchev–Trinajstić information content (AvgIpc) is 2.31. The standard InChI is InChI=1S/C11H20N2O2/c14-10(15)11(5-4-6-12-9-11)13-7-2-1-3-8-13/h12H,1-9H2,(H,14,15). The molecule has 0 amide bonds. The summed E-state index contributed by atoms with van der Waals surface area (Å²) < 4.78 is 0. The van der Waals surface area contributed by atoms with Crippen LogP contribution in [0, 0.1) is 0 Å². The molecule has 15 heavy (non-hydrogen) atoms. The van der Waals surface area contributed by atoms with E-state index < -0.39 is 11.5 Å². The van der Waals surface area contributed by atoms with Crippen molar-refractivity contribution in [2.24, 2.45) is 0 Å². The van der Waals surface area contributed by atoms with E-state index >= 15 is 0 Å². The van der Waals surface area contributed by atoms with E-state index in [0.29, 0.717) is 6.54 Å². The summed E-state index contributed by atoms with van der Waals surface area (Å²) in [6, 6.07) is 0. The molecule has 0 saturated carbocycles. The van der Waals surface area contributed by atoms with Crippen LogP contribution < -0.4 is 5.32 Å². The lowest BCUT2D eigenvalue weighted by molar-refractivity contribution is -0.154. The molecule has 4 nitrogen and oxygen atoms in total. The summed E-state index contributed by atoms with van der Waals surface area (Å²) in [5.41, 5.74) is -0.612. The second-order valence-electron chi connectivity index (χ2n) is 4.66. The highest BCUT2D eigenvalue weighted by Gasteiger charge is 2.45. The fraction of sp³-hybridized carbons (Fsp3) is 0.909. The highest BCUT2D eigenvalue weighted by molar-refractivity contribution is 5.79. The summed E-state index contributed by atoms with van der Waals surface area (Å²) >= 11 is 0. The zero-order chi connectivity index (χ0) is 10.7. The molecule has 0 bridgehead atoms. The molecular weight excluding hydrogens is 192 g/mol. The van der Waals surface area contributed by atoms with E-state index in [1.807, 2.05) is 0 Å². The molecule has 4 heteroatoms. The first-order valence-corrected chi connectivity index (χ1v) is 5.95. The molecule has 1 atom stereocenters. The number of nitrogens with zero attached hydrogens (tertiary/aromatic N) is 1. The van der Waals surface area contributed by atoms with E-state index in [-0.39, 0.29) is 0 Å². The van der Waals surface area contributed by atoms with Gasteiger partial charge in [-0.25, -0.2) is 0 Å². The van der Waals surface area contributed by atoms with Crippen molar-refractivity contribution in [1.29, 1.82) is 0 Å². The van der Waals surface area contributed by atoms with E-state index in [0.717, 1.165) is 45.3 Å². The van der Waals surface area contributed by atoms with Crippen molar-refractivity contribution < 1.29 is 9.90 Å². The van der Waals surface area contributed by atoms with Gasteiger partial charge in [0, 0.05) is 6.54 Å². The molecule has 0 aromatic rings. The normalized spacial score (nSPS) is 33.9. The van der Waals surface area contributed by atoms with Crippen molar-refractivity contribution in [3.8, 4) is 0 Å². The smallest absolute Gasteiger partial charge is 0.325 e.